The van der Waals surface area contributed by atoms with E-state index in [1.54, 1.807) is 6.07 Å². The van der Waals surface area contributed by atoms with Gasteiger partial charge in [0.15, 0.2) is 0 Å². The van der Waals surface area contributed by atoms with Crippen LogP contribution in [0.5, 0.6) is 0 Å². The average molecular weight is 453 g/mol. The fourth-order valence-corrected chi connectivity index (χ4v) is 6.61. The highest BCUT2D eigenvalue weighted by Gasteiger charge is 2.34. The first-order chi connectivity index (χ1) is 16.1. The summed E-state index contributed by atoms with van der Waals surface area (Å²) in [4.78, 5) is 0. The molecule has 0 radical (unpaired) electrons. The molecule has 2 aliphatic rings. The Morgan fingerprint density at radius 1 is 0.879 bits per heavy atom. The molecular weight excluding hydrogens is 410 g/mol. The van der Waals surface area contributed by atoms with Crippen LogP contribution in [-0.2, 0) is 5.41 Å². The number of benzene rings is 2. The predicted octanol–water partition coefficient (Wildman–Crippen LogP) is 9.91. The van der Waals surface area contributed by atoms with Crippen LogP contribution in [0.3, 0.4) is 0 Å². The molecule has 33 heavy (non-hydrogen) atoms. The van der Waals surface area contributed by atoms with Crippen LogP contribution in [0, 0.1) is 11.7 Å². The van der Waals surface area contributed by atoms with Crippen molar-refractivity contribution < 1.29 is 8.78 Å². The molecule has 0 heterocycles. The monoisotopic (exact) mass is 452 g/mol. The molecule has 2 heteroatoms. The quantitative estimate of drug-likeness (QED) is 0.355. The molecule has 0 aliphatic heterocycles. The molecule has 0 saturated heterocycles. The van der Waals surface area contributed by atoms with Crippen LogP contribution >= 0.6 is 0 Å². The van der Waals surface area contributed by atoms with E-state index in [9.17, 15) is 4.39 Å². The molecule has 0 unspecified atom stereocenters. The Labute approximate surface area is 200 Å². The standard InChI is InChI=1S/C31H42F2/c1-2-3-8-24-9-11-25(12-10-24)26-13-15-27(16-14-26)29-18-17-28(23-30(29)33)31(21-7-22-32)19-5-4-6-20-31/h13-18,23-25H,2-12,19-22H2,1H3/t24-,25-. The molecule has 0 atom stereocenters. The number of unbranched alkanes of at least 4 members (excludes halogenated alkanes) is 1. The van der Waals surface area contributed by atoms with Gasteiger partial charge in [0.25, 0.3) is 0 Å². The number of halogens is 2. The van der Waals surface area contributed by atoms with Crippen molar-refractivity contribution >= 4 is 0 Å². The second-order valence-electron chi connectivity index (χ2n) is 10.8. The summed E-state index contributed by atoms with van der Waals surface area (Å²) in [6.45, 7) is 2.00. The Morgan fingerprint density at radius 3 is 2.24 bits per heavy atom. The summed E-state index contributed by atoms with van der Waals surface area (Å²) in [6.07, 6.45) is 16.4. The van der Waals surface area contributed by atoms with E-state index in [4.69, 9.17) is 0 Å². The summed E-state index contributed by atoms with van der Waals surface area (Å²) >= 11 is 0. The third-order valence-corrected chi connectivity index (χ3v) is 8.69. The minimum absolute atomic E-state index is 0.0382. The van der Waals surface area contributed by atoms with Crippen LogP contribution in [0.4, 0.5) is 8.78 Å². The third-order valence-electron chi connectivity index (χ3n) is 8.69. The van der Waals surface area contributed by atoms with Crippen molar-refractivity contribution in [2.45, 2.75) is 108 Å². The summed E-state index contributed by atoms with van der Waals surface area (Å²) in [5, 5.41) is 0. The second-order valence-corrected chi connectivity index (χ2v) is 10.8. The van der Waals surface area contributed by atoms with Crippen molar-refractivity contribution in [3.63, 3.8) is 0 Å². The third kappa shape index (κ3) is 5.87. The molecular formula is C31H42F2. The van der Waals surface area contributed by atoms with E-state index in [1.807, 2.05) is 6.07 Å². The van der Waals surface area contributed by atoms with E-state index in [1.165, 1.54) is 56.9 Å². The van der Waals surface area contributed by atoms with Gasteiger partial charge in [0.05, 0.1) is 6.67 Å². The lowest BCUT2D eigenvalue weighted by Gasteiger charge is -2.38. The van der Waals surface area contributed by atoms with E-state index in [0.29, 0.717) is 17.9 Å². The Bertz CT molecular complexity index is 855. The Hall–Kier alpha value is -1.70. The summed E-state index contributed by atoms with van der Waals surface area (Å²) < 4.78 is 28.3. The highest BCUT2D eigenvalue weighted by Crippen LogP contribution is 2.44. The predicted molar refractivity (Wildman–Crippen MR) is 136 cm³/mol. The highest BCUT2D eigenvalue weighted by molar-refractivity contribution is 5.65. The lowest BCUT2D eigenvalue weighted by molar-refractivity contribution is 0.257. The summed E-state index contributed by atoms with van der Waals surface area (Å²) in [7, 11) is 0. The minimum atomic E-state index is -0.283. The molecule has 0 nitrogen and oxygen atoms in total. The van der Waals surface area contributed by atoms with Crippen LogP contribution in [0.25, 0.3) is 11.1 Å². The van der Waals surface area contributed by atoms with Gasteiger partial charge in [-0.15, -0.1) is 0 Å². The van der Waals surface area contributed by atoms with Crippen LogP contribution in [0.2, 0.25) is 0 Å². The van der Waals surface area contributed by atoms with Crippen molar-refractivity contribution in [1.29, 1.82) is 0 Å². The largest absolute Gasteiger partial charge is 0.251 e. The smallest absolute Gasteiger partial charge is 0.131 e. The number of rotatable bonds is 9. The Morgan fingerprint density at radius 2 is 1.61 bits per heavy atom. The van der Waals surface area contributed by atoms with E-state index < -0.39 is 0 Å². The zero-order valence-electron chi connectivity index (χ0n) is 20.6. The molecule has 2 aliphatic carbocycles. The maximum absolute atomic E-state index is 15.3. The molecule has 180 valence electrons. The maximum atomic E-state index is 15.3. The van der Waals surface area contributed by atoms with Crippen molar-refractivity contribution in [2.75, 3.05) is 6.67 Å². The van der Waals surface area contributed by atoms with Gasteiger partial charge in [0.2, 0.25) is 0 Å². The van der Waals surface area contributed by atoms with Gasteiger partial charge in [0, 0.05) is 5.56 Å². The van der Waals surface area contributed by atoms with Gasteiger partial charge in [-0.05, 0) is 91.4 Å². The van der Waals surface area contributed by atoms with E-state index >= 15 is 4.39 Å². The van der Waals surface area contributed by atoms with Gasteiger partial charge in [-0.2, -0.15) is 0 Å². The van der Waals surface area contributed by atoms with E-state index in [2.05, 4.69) is 37.3 Å². The molecule has 2 aromatic carbocycles. The highest BCUT2D eigenvalue weighted by atomic mass is 19.1. The molecule has 0 N–H and O–H groups in total. The SMILES string of the molecule is CCCC[C@H]1CC[C@H](c2ccc(-c3ccc(C4(CCCF)CCCCC4)cc3F)cc2)CC1. The average Bonchev–Trinajstić information content (AvgIpc) is 2.87. The molecule has 0 spiro atoms. The molecule has 0 bridgehead atoms. The second kappa shape index (κ2) is 11.6. The lowest BCUT2D eigenvalue weighted by Crippen LogP contribution is -2.29. The summed E-state index contributed by atoms with van der Waals surface area (Å²) in [6, 6.07) is 14.5. The summed E-state index contributed by atoms with van der Waals surface area (Å²) in [5.41, 5.74) is 4.10. The molecule has 2 fully saturated rings. The van der Waals surface area contributed by atoms with Gasteiger partial charge >= 0.3 is 0 Å². The lowest BCUT2D eigenvalue weighted by atomic mass is 9.67. The van der Waals surface area contributed by atoms with Crippen molar-refractivity contribution in [2.24, 2.45) is 5.92 Å². The van der Waals surface area contributed by atoms with Crippen LogP contribution in [-0.4, -0.2) is 6.67 Å². The van der Waals surface area contributed by atoms with Crippen molar-refractivity contribution in [3.8, 4) is 11.1 Å². The molecule has 4 rings (SSSR count). The fourth-order valence-electron chi connectivity index (χ4n) is 6.61. The van der Waals surface area contributed by atoms with Crippen LogP contribution in [0.1, 0.15) is 114 Å². The van der Waals surface area contributed by atoms with Crippen LogP contribution in [0.15, 0.2) is 42.5 Å². The fraction of sp³-hybridized carbons (Fsp3) is 0.613. The zero-order chi connectivity index (χ0) is 23.1. The summed E-state index contributed by atoms with van der Waals surface area (Å²) in [5.74, 6) is 1.44. The topological polar surface area (TPSA) is 0 Å². The molecule has 0 amide bonds. The van der Waals surface area contributed by atoms with E-state index in [-0.39, 0.29) is 17.9 Å². The normalized spacial score (nSPS) is 22.9. The van der Waals surface area contributed by atoms with Crippen molar-refractivity contribution in [3.05, 3.63) is 59.4 Å². The van der Waals surface area contributed by atoms with E-state index in [0.717, 1.165) is 49.1 Å². The minimum Gasteiger partial charge on any atom is -0.251 e. The first-order valence-electron chi connectivity index (χ1n) is 13.6. The van der Waals surface area contributed by atoms with Gasteiger partial charge in [-0.1, -0.05) is 81.8 Å². The molecule has 2 saturated carbocycles. The van der Waals surface area contributed by atoms with Gasteiger partial charge < -0.3 is 0 Å². The van der Waals surface area contributed by atoms with Crippen molar-refractivity contribution in [1.82, 2.24) is 0 Å². The Balaban J connectivity index is 1.45. The maximum Gasteiger partial charge on any atom is 0.131 e. The first-order valence-corrected chi connectivity index (χ1v) is 13.6. The van der Waals surface area contributed by atoms with Crippen LogP contribution < -0.4 is 0 Å². The number of hydrogen-bond acceptors (Lipinski definition) is 0. The Kier molecular flexibility index (Phi) is 8.61. The number of hydrogen-bond donors (Lipinski definition) is 0. The van der Waals surface area contributed by atoms with Gasteiger partial charge in [0.1, 0.15) is 5.82 Å². The molecule has 0 aromatic heterocycles. The van der Waals surface area contributed by atoms with Gasteiger partial charge in [-0.25, -0.2) is 4.39 Å². The molecule has 2 aromatic rings. The van der Waals surface area contributed by atoms with Gasteiger partial charge in [-0.3, -0.25) is 4.39 Å². The first kappa shape index (κ1) is 24.4. The number of alkyl halides is 1. The zero-order valence-corrected chi connectivity index (χ0v) is 20.6.